The van der Waals surface area contributed by atoms with Gasteiger partial charge in [-0.2, -0.15) is 10.2 Å². The number of ether oxygens (including phenoxy) is 1. The second-order valence-electron chi connectivity index (χ2n) is 7.36. The Morgan fingerprint density at radius 3 is 2.00 bits per heavy atom. The van der Waals surface area contributed by atoms with Crippen molar-refractivity contribution in [3.8, 4) is 17.0 Å². The summed E-state index contributed by atoms with van der Waals surface area (Å²) in [6.07, 6.45) is 13.8. The van der Waals surface area contributed by atoms with Crippen molar-refractivity contribution in [3.63, 3.8) is 0 Å². The highest BCUT2D eigenvalue weighted by Gasteiger charge is 2.03. The van der Waals surface area contributed by atoms with Gasteiger partial charge in [0.2, 0.25) is 0 Å². The third-order valence-electron chi connectivity index (χ3n) is 4.92. The standard InChI is InChI=1S/C24H36N2O/c1-3-5-7-9-10-11-13-22-16-19-24(26-25-22)21-14-17-23(18-15-21)27-20-12-8-6-4-2/h14-19H,3-13,20H2,1-2H3. The normalized spacial score (nSPS) is 10.9. The van der Waals surface area contributed by atoms with Crippen LogP contribution in [0.1, 0.15) is 83.7 Å². The smallest absolute Gasteiger partial charge is 0.119 e. The topological polar surface area (TPSA) is 35.0 Å². The van der Waals surface area contributed by atoms with Crippen LogP contribution < -0.4 is 4.74 Å². The zero-order valence-corrected chi connectivity index (χ0v) is 17.3. The summed E-state index contributed by atoms with van der Waals surface area (Å²) >= 11 is 0. The predicted molar refractivity (Wildman–Crippen MR) is 114 cm³/mol. The Kier molecular flexibility index (Phi) is 10.5. The summed E-state index contributed by atoms with van der Waals surface area (Å²) in [6, 6.07) is 12.4. The van der Waals surface area contributed by atoms with Crippen LogP contribution in [0.4, 0.5) is 0 Å². The van der Waals surface area contributed by atoms with Gasteiger partial charge in [0.05, 0.1) is 18.0 Å². The van der Waals surface area contributed by atoms with Gasteiger partial charge in [-0.1, -0.05) is 65.2 Å². The van der Waals surface area contributed by atoms with Crippen molar-refractivity contribution >= 4 is 0 Å². The molecule has 2 aromatic rings. The van der Waals surface area contributed by atoms with Gasteiger partial charge in [0.15, 0.2) is 0 Å². The summed E-state index contributed by atoms with van der Waals surface area (Å²) < 4.78 is 5.81. The average Bonchev–Trinajstić information content (AvgIpc) is 2.71. The van der Waals surface area contributed by atoms with Crippen molar-refractivity contribution in [3.05, 3.63) is 42.1 Å². The molecule has 0 aliphatic heterocycles. The van der Waals surface area contributed by atoms with E-state index in [1.54, 1.807) is 0 Å². The molecule has 0 N–H and O–H groups in total. The van der Waals surface area contributed by atoms with Gasteiger partial charge < -0.3 is 4.74 Å². The minimum absolute atomic E-state index is 0.798. The van der Waals surface area contributed by atoms with Gasteiger partial charge >= 0.3 is 0 Å². The Labute approximate surface area is 165 Å². The summed E-state index contributed by atoms with van der Waals surface area (Å²) in [4.78, 5) is 0. The molecule has 2 rings (SSSR count). The predicted octanol–water partition coefficient (Wildman–Crippen LogP) is 7.01. The summed E-state index contributed by atoms with van der Waals surface area (Å²) in [5, 5.41) is 8.82. The van der Waals surface area contributed by atoms with Crippen molar-refractivity contribution in [1.82, 2.24) is 10.2 Å². The number of hydrogen-bond acceptors (Lipinski definition) is 3. The largest absolute Gasteiger partial charge is 0.494 e. The molecule has 148 valence electrons. The van der Waals surface area contributed by atoms with Crippen molar-refractivity contribution in [2.45, 2.75) is 84.5 Å². The van der Waals surface area contributed by atoms with E-state index in [0.29, 0.717) is 0 Å². The number of hydrogen-bond donors (Lipinski definition) is 0. The maximum Gasteiger partial charge on any atom is 0.119 e. The highest BCUT2D eigenvalue weighted by atomic mass is 16.5. The molecule has 1 aromatic carbocycles. The van der Waals surface area contributed by atoms with Crippen LogP contribution in [0.25, 0.3) is 11.3 Å². The molecule has 1 heterocycles. The molecular formula is C24H36N2O. The quantitative estimate of drug-likeness (QED) is 0.336. The first kappa shape index (κ1) is 21.4. The van der Waals surface area contributed by atoms with Crippen molar-refractivity contribution < 1.29 is 4.74 Å². The van der Waals surface area contributed by atoms with E-state index >= 15 is 0 Å². The molecule has 0 fully saturated rings. The molecule has 27 heavy (non-hydrogen) atoms. The van der Waals surface area contributed by atoms with E-state index in [1.807, 2.05) is 12.1 Å². The Morgan fingerprint density at radius 1 is 0.667 bits per heavy atom. The lowest BCUT2D eigenvalue weighted by molar-refractivity contribution is 0.305. The Hall–Kier alpha value is -1.90. The lowest BCUT2D eigenvalue weighted by atomic mass is 10.1. The molecule has 1 aromatic heterocycles. The molecule has 3 heteroatoms. The number of rotatable bonds is 14. The minimum Gasteiger partial charge on any atom is -0.494 e. The fraction of sp³-hybridized carbons (Fsp3) is 0.583. The molecule has 0 aliphatic rings. The van der Waals surface area contributed by atoms with Crippen LogP contribution in [0.2, 0.25) is 0 Å². The second-order valence-corrected chi connectivity index (χ2v) is 7.36. The van der Waals surface area contributed by atoms with E-state index < -0.39 is 0 Å². The number of nitrogens with zero attached hydrogens (tertiary/aromatic N) is 2. The van der Waals surface area contributed by atoms with Crippen LogP contribution in [0, 0.1) is 0 Å². The molecule has 0 amide bonds. The molecule has 0 saturated carbocycles. The van der Waals surface area contributed by atoms with Crippen LogP contribution in [-0.2, 0) is 6.42 Å². The molecule has 0 aliphatic carbocycles. The fourth-order valence-electron chi connectivity index (χ4n) is 3.17. The van der Waals surface area contributed by atoms with E-state index in [4.69, 9.17) is 4.74 Å². The van der Waals surface area contributed by atoms with Gasteiger partial charge in [0, 0.05) is 5.56 Å². The van der Waals surface area contributed by atoms with E-state index in [2.05, 4.69) is 48.3 Å². The average molecular weight is 369 g/mol. The van der Waals surface area contributed by atoms with Gasteiger partial charge in [-0.15, -0.1) is 0 Å². The van der Waals surface area contributed by atoms with Crippen LogP contribution in [-0.4, -0.2) is 16.8 Å². The third-order valence-corrected chi connectivity index (χ3v) is 4.92. The number of benzene rings is 1. The molecular weight excluding hydrogens is 332 g/mol. The highest BCUT2D eigenvalue weighted by Crippen LogP contribution is 2.21. The summed E-state index contributed by atoms with van der Waals surface area (Å²) in [5.74, 6) is 0.933. The maximum absolute atomic E-state index is 5.81. The molecule has 0 atom stereocenters. The van der Waals surface area contributed by atoms with Crippen molar-refractivity contribution in [1.29, 1.82) is 0 Å². The third kappa shape index (κ3) is 8.55. The van der Waals surface area contributed by atoms with Crippen LogP contribution >= 0.6 is 0 Å². The summed E-state index contributed by atoms with van der Waals surface area (Å²) in [5.41, 5.74) is 3.12. The van der Waals surface area contributed by atoms with Crippen molar-refractivity contribution in [2.24, 2.45) is 0 Å². The summed E-state index contributed by atoms with van der Waals surface area (Å²) in [6.45, 7) is 5.28. The molecule has 0 unspecified atom stereocenters. The van der Waals surface area contributed by atoms with Crippen molar-refractivity contribution in [2.75, 3.05) is 6.61 Å². The van der Waals surface area contributed by atoms with Crippen LogP contribution in [0.3, 0.4) is 0 Å². The lowest BCUT2D eigenvalue weighted by Crippen LogP contribution is -1.97. The second kappa shape index (κ2) is 13.3. The Balaban J connectivity index is 1.74. The van der Waals surface area contributed by atoms with E-state index in [-0.39, 0.29) is 0 Å². The molecule has 0 saturated heterocycles. The molecule has 0 spiro atoms. The van der Waals surface area contributed by atoms with E-state index in [9.17, 15) is 0 Å². The van der Waals surface area contributed by atoms with Gasteiger partial charge in [-0.25, -0.2) is 0 Å². The highest BCUT2D eigenvalue weighted by molar-refractivity contribution is 5.59. The van der Waals surface area contributed by atoms with Crippen LogP contribution in [0.15, 0.2) is 36.4 Å². The van der Waals surface area contributed by atoms with E-state index in [1.165, 1.54) is 57.8 Å². The monoisotopic (exact) mass is 368 g/mol. The van der Waals surface area contributed by atoms with Gasteiger partial charge in [0.1, 0.15) is 5.75 Å². The zero-order chi connectivity index (χ0) is 19.2. The zero-order valence-electron chi connectivity index (χ0n) is 17.3. The van der Waals surface area contributed by atoms with Crippen LogP contribution in [0.5, 0.6) is 5.75 Å². The number of unbranched alkanes of at least 4 members (excludes halogenated alkanes) is 8. The SMILES string of the molecule is CCCCCCCCc1ccc(-c2ccc(OCCCCCC)cc2)nn1. The summed E-state index contributed by atoms with van der Waals surface area (Å²) in [7, 11) is 0. The first-order chi connectivity index (χ1) is 13.3. The molecule has 0 radical (unpaired) electrons. The number of aromatic nitrogens is 2. The van der Waals surface area contributed by atoms with Gasteiger partial charge in [-0.05, 0) is 55.7 Å². The van der Waals surface area contributed by atoms with Gasteiger partial charge in [0.25, 0.3) is 0 Å². The first-order valence-corrected chi connectivity index (χ1v) is 10.9. The fourth-order valence-corrected chi connectivity index (χ4v) is 3.17. The van der Waals surface area contributed by atoms with Gasteiger partial charge in [-0.3, -0.25) is 0 Å². The molecule has 3 nitrogen and oxygen atoms in total. The maximum atomic E-state index is 5.81. The number of aryl methyl sites for hydroxylation is 1. The first-order valence-electron chi connectivity index (χ1n) is 10.9. The minimum atomic E-state index is 0.798. The lowest BCUT2D eigenvalue weighted by Gasteiger charge is -2.07. The molecule has 0 bridgehead atoms. The Bertz CT molecular complexity index is 607. The Morgan fingerprint density at radius 2 is 1.33 bits per heavy atom. The van der Waals surface area contributed by atoms with E-state index in [0.717, 1.165) is 42.1 Å².